The standard InChI is InChI=1S/C15H8F3NO2/c16-15(17,18)12-5-2-1-4-10(12)8-11(9-19)14(20)13-6-3-7-21-13/h1-8H/b11-8+. The van der Waals surface area contributed by atoms with Gasteiger partial charge in [-0.1, -0.05) is 18.2 Å². The number of carbonyl (C=O) groups is 1. The average Bonchev–Trinajstić information content (AvgIpc) is 2.97. The third-order valence-electron chi connectivity index (χ3n) is 2.68. The summed E-state index contributed by atoms with van der Waals surface area (Å²) in [7, 11) is 0. The van der Waals surface area contributed by atoms with Crippen molar-refractivity contribution in [3.63, 3.8) is 0 Å². The Morgan fingerprint density at radius 3 is 2.48 bits per heavy atom. The van der Waals surface area contributed by atoms with Crippen LogP contribution < -0.4 is 0 Å². The van der Waals surface area contributed by atoms with Crippen LogP contribution in [0.15, 0.2) is 52.7 Å². The number of hydrogen-bond acceptors (Lipinski definition) is 3. The summed E-state index contributed by atoms with van der Waals surface area (Å²) in [5, 5.41) is 8.99. The Morgan fingerprint density at radius 1 is 1.19 bits per heavy atom. The third kappa shape index (κ3) is 3.20. The zero-order chi connectivity index (χ0) is 15.5. The maximum atomic E-state index is 12.9. The smallest absolute Gasteiger partial charge is 0.416 e. The molecular formula is C15H8F3NO2. The van der Waals surface area contributed by atoms with E-state index in [1.165, 1.54) is 36.6 Å². The van der Waals surface area contributed by atoms with E-state index in [0.29, 0.717) is 0 Å². The summed E-state index contributed by atoms with van der Waals surface area (Å²) in [6.07, 6.45) is -2.42. The third-order valence-corrected chi connectivity index (χ3v) is 2.68. The molecule has 1 heterocycles. The quantitative estimate of drug-likeness (QED) is 0.486. The fourth-order valence-corrected chi connectivity index (χ4v) is 1.73. The minimum atomic E-state index is -4.57. The van der Waals surface area contributed by atoms with Gasteiger partial charge in [0.05, 0.1) is 11.8 Å². The van der Waals surface area contributed by atoms with E-state index in [0.717, 1.165) is 12.1 Å². The minimum absolute atomic E-state index is 0.104. The lowest BCUT2D eigenvalue weighted by atomic mass is 10.0. The molecule has 21 heavy (non-hydrogen) atoms. The van der Waals surface area contributed by atoms with Crippen LogP contribution >= 0.6 is 0 Å². The van der Waals surface area contributed by atoms with Gasteiger partial charge >= 0.3 is 6.18 Å². The summed E-state index contributed by atoms with van der Waals surface area (Å²) in [5.74, 6) is -0.869. The molecule has 1 aromatic carbocycles. The van der Waals surface area contributed by atoms with Crippen molar-refractivity contribution < 1.29 is 22.4 Å². The van der Waals surface area contributed by atoms with Gasteiger partial charge in [0.2, 0.25) is 5.78 Å². The Hall–Kier alpha value is -2.81. The fraction of sp³-hybridized carbons (Fsp3) is 0.0667. The van der Waals surface area contributed by atoms with Crippen LogP contribution in [-0.4, -0.2) is 5.78 Å². The molecule has 0 unspecified atom stereocenters. The van der Waals surface area contributed by atoms with Gasteiger partial charge in [-0.25, -0.2) is 0 Å². The molecule has 0 aliphatic carbocycles. The number of carbonyl (C=O) groups excluding carboxylic acids is 1. The molecular weight excluding hydrogens is 283 g/mol. The maximum Gasteiger partial charge on any atom is 0.416 e. The molecule has 0 fully saturated rings. The van der Waals surface area contributed by atoms with Crippen molar-refractivity contribution in [2.75, 3.05) is 0 Å². The Bertz CT molecular complexity index is 722. The summed E-state index contributed by atoms with van der Waals surface area (Å²) in [4.78, 5) is 11.9. The lowest BCUT2D eigenvalue weighted by Gasteiger charge is -2.09. The van der Waals surface area contributed by atoms with Crippen molar-refractivity contribution in [1.29, 1.82) is 5.26 Å². The average molecular weight is 291 g/mol. The highest BCUT2D eigenvalue weighted by Crippen LogP contribution is 2.33. The van der Waals surface area contributed by atoms with Gasteiger partial charge in [0.1, 0.15) is 11.6 Å². The number of nitrogens with zero attached hydrogens (tertiary/aromatic N) is 1. The number of benzene rings is 1. The van der Waals surface area contributed by atoms with Crippen molar-refractivity contribution in [2.24, 2.45) is 0 Å². The second-order valence-electron chi connectivity index (χ2n) is 4.06. The molecule has 0 bridgehead atoms. The highest BCUT2D eigenvalue weighted by molar-refractivity contribution is 6.12. The molecule has 0 spiro atoms. The predicted octanol–water partition coefficient (Wildman–Crippen LogP) is 4.09. The molecule has 6 heteroatoms. The summed E-state index contributed by atoms with van der Waals surface area (Å²) in [6, 6.07) is 9.10. The van der Waals surface area contributed by atoms with Crippen LogP contribution in [0.25, 0.3) is 6.08 Å². The normalized spacial score (nSPS) is 12.0. The SMILES string of the molecule is N#C/C(=C\c1ccccc1C(F)(F)F)C(=O)c1ccco1. The monoisotopic (exact) mass is 291 g/mol. The zero-order valence-corrected chi connectivity index (χ0v) is 10.5. The van der Waals surface area contributed by atoms with Gasteiger partial charge in [0, 0.05) is 0 Å². The number of alkyl halides is 3. The summed E-state index contributed by atoms with van der Waals surface area (Å²) < 4.78 is 43.4. The van der Waals surface area contributed by atoms with E-state index >= 15 is 0 Å². The number of Topliss-reactive ketones (excluding diaryl/α,β-unsaturated/α-hetero) is 1. The van der Waals surface area contributed by atoms with E-state index < -0.39 is 23.1 Å². The van der Waals surface area contributed by atoms with Gasteiger partial charge in [-0.3, -0.25) is 4.79 Å². The fourth-order valence-electron chi connectivity index (χ4n) is 1.73. The molecule has 0 aliphatic heterocycles. The summed E-state index contributed by atoms with van der Waals surface area (Å²) >= 11 is 0. The molecule has 0 N–H and O–H groups in total. The highest BCUT2D eigenvalue weighted by atomic mass is 19.4. The van der Waals surface area contributed by atoms with Crippen LogP contribution in [0, 0.1) is 11.3 Å². The van der Waals surface area contributed by atoms with E-state index in [1.807, 2.05) is 0 Å². The van der Waals surface area contributed by atoms with Crippen molar-refractivity contribution in [3.05, 3.63) is 65.1 Å². The largest absolute Gasteiger partial charge is 0.461 e. The molecule has 1 aromatic heterocycles. The summed E-state index contributed by atoms with van der Waals surface area (Å²) in [5.41, 5.74) is -1.59. The first-order valence-corrected chi connectivity index (χ1v) is 5.79. The van der Waals surface area contributed by atoms with Gasteiger partial charge in [-0.2, -0.15) is 18.4 Å². The Labute approximate surface area is 117 Å². The van der Waals surface area contributed by atoms with Gasteiger partial charge in [-0.15, -0.1) is 0 Å². The summed E-state index contributed by atoms with van der Waals surface area (Å²) in [6.45, 7) is 0. The molecule has 0 radical (unpaired) electrons. The topological polar surface area (TPSA) is 54.0 Å². The van der Waals surface area contributed by atoms with Crippen molar-refractivity contribution in [3.8, 4) is 6.07 Å². The molecule has 106 valence electrons. The predicted molar refractivity (Wildman–Crippen MR) is 68.1 cm³/mol. The Morgan fingerprint density at radius 2 is 1.90 bits per heavy atom. The Balaban J connectivity index is 2.47. The van der Waals surface area contributed by atoms with E-state index in [4.69, 9.17) is 9.68 Å². The molecule has 0 saturated carbocycles. The Kier molecular flexibility index (Phi) is 3.94. The van der Waals surface area contributed by atoms with Gasteiger partial charge < -0.3 is 4.42 Å². The van der Waals surface area contributed by atoms with E-state index in [-0.39, 0.29) is 11.3 Å². The minimum Gasteiger partial charge on any atom is -0.461 e. The highest BCUT2D eigenvalue weighted by Gasteiger charge is 2.32. The molecule has 0 atom stereocenters. The second-order valence-corrected chi connectivity index (χ2v) is 4.06. The molecule has 2 aromatic rings. The molecule has 2 rings (SSSR count). The lowest BCUT2D eigenvalue weighted by Crippen LogP contribution is -2.08. The number of rotatable bonds is 3. The number of furan rings is 1. The van der Waals surface area contributed by atoms with Crippen molar-refractivity contribution >= 4 is 11.9 Å². The number of ketones is 1. The molecule has 3 nitrogen and oxygen atoms in total. The van der Waals surface area contributed by atoms with Crippen LogP contribution in [-0.2, 0) is 6.18 Å². The first-order valence-electron chi connectivity index (χ1n) is 5.79. The second kappa shape index (κ2) is 5.67. The van der Waals surface area contributed by atoms with Crippen LogP contribution in [0.1, 0.15) is 21.7 Å². The van der Waals surface area contributed by atoms with Crippen LogP contribution in [0.3, 0.4) is 0 Å². The molecule has 0 amide bonds. The number of nitriles is 1. The van der Waals surface area contributed by atoms with Crippen molar-refractivity contribution in [2.45, 2.75) is 6.18 Å². The van der Waals surface area contributed by atoms with Gasteiger partial charge in [-0.05, 0) is 29.8 Å². The number of hydrogen-bond donors (Lipinski definition) is 0. The first-order chi connectivity index (χ1) is 9.93. The lowest BCUT2D eigenvalue weighted by molar-refractivity contribution is -0.137. The zero-order valence-electron chi connectivity index (χ0n) is 10.5. The van der Waals surface area contributed by atoms with E-state index in [1.54, 1.807) is 6.07 Å². The van der Waals surface area contributed by atoms with Gasteiger partial charge in [0.25, 0.3) is 0 Å². The van der Waals surface area contributed by atoms with Gasteiger partial charge in [0.15, 0.2) is 5.76 Å². The molecule has 0 aliphatic rings. The van der Waals surface area contributed by atoms with Crippen LogP contribution in [0.2, 0.25) is 0 Å². The van der Waals surface area contributed by atoms with Crippen molar-refractivity contribution in [1.82, 2.24) is 0 Å². The van der Waals surface area contributed by atoms with E-state index in [9.17, 15) is 18.0 Å². The van der Waals surface area contributed by atoms with E-state index in [2.05, 4.69) is 0 Å². The van der Waals surface area contributed by atoms with Crippen LogP contribution in [0.5, 0.6) is 0 Å². The number of halogens is 3. The molecule has 0 saturated heterocycles. The first kappa shape index (κ1) is 14.6. The number of allylic oxidation sites excluding steroid dienone is 1. The maximum absolute atomic E-state index is 12.9. The van der Waals surface area contributed by atoms with Crippen LogP contribution in [0.4, 0.5) is 13.2 Å².